The van der Waals surface area contributed by atoms with E-state index in [0.717, 1.165) is 73.4 Å². The summed E-state index contributed by atoms with van der Waals surface area (Å²) in [6.45, 7) is 0. The molecule has 0 saturated carbocycles. The normalized spacial score (nSPS) is 13.5. The van der Waals surface area contributed by atoms with Crippen molar-refractivity contribution in [3.63, 3.8) is 0 Å². The van der Waals surface area contributed by atoms with Gasteiger partial charge in [0.15, 0.2) is 0 Å². The Bertz CT molecular complexity index is 2740. The third-order valence-electron chi connectivity index (χ3n) is 9.40. The van der Waals surface area contributed by atoms with Gasteiger partial charge < -0.3 is 0 Å². The van der Waals surface area contributed by atoms with Gasteiger partial charge in [-0.3, -0.25) is 4.57 Å². The van der Waals surface area contributed by atoms with Gasteiger partial charge in [0.25, 0.3) is 0 Å². The summed E-state index contributed by atoms with van der Waals surface area (Å²) >= 11 is 0. The van der Waals surface area contributed by atoms with E-state index in [-0.39, 0.29) is 0 Å². The summed E-state index contributed by atoms with van der Waals surface area (Å²) in [6, 6.07) is 40.8. The fourth-order valence-corrected chi connectivity index (χ4v) is 7.28. The molecule has 0 unspecified atom stereocenters. The van der Waals surface area contributed by atoms with Gasteiger partial charge in [0.2, 0.25) is 5.95 Å². The lowest BCUT2D eigenvalue weighted by molar-refractivity contribution is 0.914. The number of hydrogen-bond acceptors (Lipinski definition) is 3. The van der Waals surface area contributed by atoms with Crippen LogP contribution in [0.25, 0.3) is 88.1 Å². The molecule has 10 rings (SSSR count). The van der Waals surface area contributed by atoms with E-state index in [4.69, 9.17) is 15.1 Å². The van der Waals surface area contributed by atoms with Crippen molar-refractivity contribution in [3.05, 3.63) is 140 Å². The molecule has 0 aliphatic heterocycles. The zero-order valence-corrected chi connectivity index (χ0v) is 24.9. The van der Waals surface area contributed by atoms with Crippen LogP contribution in [0.2, 0.25) is 0 Å². The van der Waals surface area contributed by atoms with Crippen LogP contribution in [0.1, 0.15) is 12.8 Å². The molecule has 0 bridgehead atoms. The smallest absolute Gasteiger partial charge is 0.235 e. The Morgan fingerprint density at radius 3 is 2.26 bits per heavy atom. The highest BCUT2D eigenvalue weighted by Gasteiger charge is 2.21. The van der Waals surface area contributed by atoms with E-state index in [1.807, 2.05) is 18.3 Å². The average molecular weight is 590 g/mol. The van der Waals surface area contributed by atoms with E-state index >= 15 is 0 Å². The molecule has 0 fully saturated rings. The zero-order chi connectivity index (χ0) is 30.2. The first kappa shape index (κ1) is 25.3. The van der Waals surface area contributed by atoms with Crippen LogP contribution in [0.5, 0.6) is 0 Å². The van der Waals surface area contributed by atoms with Gasteiger partial charge in [-0.15, -0.1) is 0 Å². The molecule has 0 saturated heterocycles. The van der Waals surface area contributed by atoms with Crippen molar-refractivity contribution in [1.29, 1.82) is 0 Å². The van der Waals surface area contributed by atoms with Crippen LogP contribution >= 0.6 is 0 Å². The minimum atomic E-state index is 0.655. The van der Waals surface area contributed by atoms with Crippen LogP contribution in [0.3, 0.4) is 0 Å². The summed E-state index contributed by atoms with van der Waals surface area (Å²) < 4.78 is 4.32. The van der Waals surface area contributed by atoms with Gasteiger partial charge >= 0.3 is 0 Å². The molecule has 0 radical (unpaired) electrons. The maximum atomic E-state index is 5.32. The van der Waals surface area contributed by atoms with E-state index in [9.17, 15) is 0 Å². The molecule has 0 atom stereocenters. The summed E-state index contributed by atoms with van der Waals surface area (Å²) in [4.78, 5) is 10.5. The fourth-order valence-electron chi connectivity index (χ4n) is 7.28. The highest BCUT2D eigenvalue weighted by molar-refractivity contribution is 6.24. The molecule has 0 amide bonds. The van der Waals surface area contributed by atoms with Crippen molar-refractivity contribution in [2.24, 2.45) is 0 Å². The molecule has 3 aromatic heterocycles. The number of rotatable bonds is 3. The molecular weight excluding hydrogens is 562 g/mol. The van der Waals surface area contributed by atoms with Crippen molar-refractivity contribution in [1.82, 2.24) is 24.3 Å². The quantitative estimate of drug-likeness (QED) is 0.193. The topological polar surface area (TPSA) is 48.5 Å². The second-order valence-electron chi connectivity index (χ2n) is 12.0. The van der Waals surface area contributed by atoms with Crippen molar-refractivity contribution >= 4 is 70.9 Å². The average Bonchev–Trinajstić information content (AvgIpc) is 3.70. The molecule has 5 heteroatoms. The van der Waals surface area contributed by atoms with Crippen LogP contribution in [0.15, 0.2) is 140 Å². The number of benzene rings is 6. The van der Waals surface area contributed by atoms with Gasteiger partial charge in [0.05, 0.1) is 39.7 Å². The third-order valence-corrected chi connectivity index (χ3v) is 9.40. The number of para-hydroxylation sites is 1. The molecule has 3 heterocycles. The van der Waals surface area contributed by atoms with Gasteiger partial charge in [-0.05, 0) is 70.8 Å². The van der Waals surface area contributed by atoms with E-state index in [0.29, 0.717) is 5.95 Å². The highest BCUT2D eigenvalue weighted by Crippen LogP contribution is 2.41. The van der Waals surface area contributed by atoms with Crippen molar-refractivity contribution < 1.29 is 0 Å². The molecule has 9 aromatic rings. The summed E-state index contributed by atoms with van der Waals surface area (Å²) in [5, 5.41) is 14.3. The third kappa shape index (κ3) is 3.66. The van der Waals surface area contributed by atoms with Gasteiger partial charge in [0.1, 0.15) is 0 Å². The molecule has 0 N–H and O–H groups in total. The van der Waals surface area contributed by atoms with Crippen molar-refractivity contribution in [2.75, 3.05) is 0 Å². The lowest BCUT2D eigenvalue weighted by atomic mass is 9.99. The molecule has 0 spiro atoms. The first-order valence-electron chi connectivity index (χ1n) is 15.8. The molecule has 5 nitrogen and oxygen atoms in total. The number of fused-ring (bicyclic) bond motifs is 9. The van der Waals surface area contributed by atoms with E-state index < -0.39 is 0 Å². The second kappa shape index (κ2) is 9.71. The largest absolute Gasteiger partial charge is 0.278 e. The fraction of sp³-hybridized carbons (Fsp3) is 0.0488. The lowest BCUT2D eigenvalue weighted by Crippen LogP contribution is -2.03. The number of nitrogens with zero attached hydrogens (tertiary/aromatic N) is 5. The highest BCUT2D eigenvalue weighted by atomic mass is 15.3. The Morgan fingerprint density at radius 2 is 1.37 bits per heavy atom. The van der Waals surface area contributed by atoms with E-state index in [1.54, 1.807) is 0 Å². The van der Waals surface area contributed by atoms with E-state index in [2.05, 4.69) is 131 Å². The second-order valence-corrected chi connectivity index (χ2v) is 12.0. The Labute approximate surface area is 264 Å². The van der Waals surface area contributed by atoms with Crippen LogP contribution in [-0.4, -0.2) is 24.3 Å². The molecule has 1 aliphatic carbocycles. The molecule has 216 valence electrons. The molecule has 1 aliphatic rings. The van der Waals surface area contributed by atoms with Crippen molar-refractivity contribution in [3.8, 4) is 17.2 Å². The number of hydrogen-bond donors (Lipinski definition) is 0. The Kier molecular flexibility index (Phi) is 5.34. The SMILES string of the molecule is C1=CC(n2ncc3c4c5cc6c(ccc7ccccc76)cc5n(-c5nc(-c6ccccc6)c6ccccc6n5)c4ccc32)=CCC1. The Hall–Kier alpha value is -6.07. The predicted octanol–water partition coefficient (Wildman–Crippen LogP) is 10.2. The maximum absolute atomic E-state index is 5.32. The monoisotopic (exact) mass is 589 g/mol. The van der Waals surface area contributed by atoms with Crippen LogP contribution in [0, 0.1) is 0 Å². The molecular formula is C41H27N5. The van der Waals surface area contributed by atoms with Crippen LogP contribution in [-0.2, 0) is 0 Å². The minimum absolute atomic E-state index is 0.655. The van der Waals surface area contributed by atoms with Gasteiger partial charge in [-0.2, -0.15) is 5.10 Å². The minimum Gasteiger partial charge on any atom is -0.278 e. The zero-order valence-electron chi connectivity index (χ0n) is 24.9. The standard InChI is InChI=1S/C41H27N5/c1-3-12-27(13-4-1)40-31-17-9-10-18-35(31)43-41(44-40)45-37-22-21-36-34(25-42-46(36)29-14-5-2-6-15-29)39(37)33-24-32-28(23-38(33)45)20-19-26-11-7-8-16-30(26)32/h1,3-5,7-25H,2,6H2. The van der Waals surface area contributed by atoms with Gasteiger partial charge in [0, 0.05) is 27.1 Å². The Morgan fingerprint density at radius 1 is 0.565 bits per heavy atom. The predicted molar refractivity (Wildman–Crippen MR) is 190 cm³/mol. The summed E-state index contributed by atoms with van der Waals surface area (Å²) in [5.74, 6) is 0.655. The van der Waals surface area contributed by atoms with Crippen LogP contribution in [0.4, 0.5) is 0 Å². The molecule has 6 aromatic carbocycles. The van der Waals surface area contributed by atoms with Crippen LogP contribution < -0.4 is 0 Å². The first-order chi connectivity index (χ1) is 22.8. The van der Waals surface area contributed by atoms with Gasteiger partial charge in [-0.1, -0.05) is 97.1 Å². The Balaban J connectivity index is 1.36. The first-order valence-corrected chi connectivity index (χ1v) is 15.8. The van der Waals surface area contributed by atoms with Gasteiger partial charge in [-0.25, -0.2) is 14.6 Å². The molecule has 46 heavy (non-hydrogen) atoms. The van der Waals surface area contributed by atoms with E-state index in [1.165, 1.54) is 21.5 Å². The number of allylic oxidation sites excluding steroid dienone is 4. The summed E-state index contributed by atoms with van der Waals surface area (Å²) in [6.07, 6.45) is 10.8. The lowest BCUT2D eigenvalue weighted by Gasteiger charge is -2.12. The number of aromatic nitrogens is 5. The van der Waals surface area contributed by atoms with Crippen molar-refractivity contribution in [2.45, 2.75) is 12.8 Å². The summed E-state index contributed by atoms with van der Waals surface area (Å²) in [7, 11) is 0. The summed E-state index contributed by atoms with van der Waals surface area (Å²) in [5.41, 5.74) is 7.25. The maximum Gasteiger partial charge on any atom is 0.235 e.